The molecule has 1 aromatic rings. The largest absolute Gasteiger partial charge is 0.465 e. The molecule has 2 saturated heterocycles. The van der Waals surface area contributed by atoms with Crippen LogP contribution in [-0.4, -0.2) is 30.6 Å². The maximum absolute atomic E-state index is 11.6. The second kappa shape index (κ2) is 4.49. The molecule has 90 valence electrons. The Balaban J connectivity index is 1.66. The van der Waals surface area contributed by atoms with E-state index in [1.54, 1.807) is 0 Å². The smallest absolute Gasteiger partial charge is 0.310 e. The Kier molecular flexibility index (Phi) is 2.85. The van der Waals surface area contributed by atoms with E-state index in [1.807, 2.05) is 6.07 Å². The summed E-state index contributed by atoms with van der Waals surface area (Å²) in [5.74, 6) is 0.643. The number of benzene rings is 1. The van der Waals surface area contributed by atoms with Crippen LogP contribution in [0.2, 0.25) is 0 Å². The molecule has 2 fully saturated rings. The Morgan fingerprint density at radius 2 is 2.06 bits per heavy atom. The zero-order valence-electron chi connectivity index (χ0n) is 9.84. The molecule has 2 heterocycles. The van der Waals surface area contributed by atoms with Crippen molar-refractivity contribution in [1.82, 2.24) is 4.90 Å². The highest BCUT2D eigenvalue weighted by Crippen LogP contribution is 2.31. The molecular weight excluding hydrogens is 214 g/mol. The molecular formula is C14H17NO2. The molecule has 3 heteroatoms. The van der Waals surface area contributed by atoms with Gasteiger partial charge in [0.2, 0.25) is 0 Å². The number of carbonyl (C=O) groups is 1. The van der Waals surface area contributed by atoms with Crippen LogP contribution in [0.5, 0.6) is 0 Å². The number of nitrogens with zero attached hydrogens (tertiary/aromatic N) is 1. The van der Waals surface area contributed by atoms with E-state index in [4.69, 9.17) is 4.74 Å². The van der Waals surface area contributed by atoms with Crippen molar-refractivity contribution in [2.45, 2.75) is 13.0 Å². The number of carbonyl (C=O) groups excluding carboxylic acids is 1. The first-order chi connectivity index (χ1) is 8.33. The van der Waals surface area contributed by atoms with Crippen molar-refractivity contribution in [2.24, 2.45) is 11.8 Å². The van der Waals surface area contributed by atoms with Gasteiger partial charge in [-0.25, -0.2) is 0 Å². The average Bonchev–Trinajstić information content (AvgIpc) is 2.74. The number of fused-ring (bicyclic) bond motifs is 1. The third-order valence-corrected chi connectivity index (χ3v) is 3.80. The minimum atomic E-state index is 0.0109. The second-order valence-corrected chi connectivity index (χ2v) is 5.00. The summed E-state index contributed by atoms with van der Waals surface area (Å²) in [4.78, 5) is 14.0. The summed E-state index contributed by atoms with van der Waals surface area (Å²) in [5, 5.41) is 0. The number of hydrogen-bond acceptors (Lipinski definition) is 3. The molecule has 0 spiro atoms. The lowest BCUT2D eigenvalue weighted by Crippen LogP contribution is -2.31. The Morgan fingerprint density at radius 1 is 1.24 bits per heavy atom. The molecule has 2 aliphatic rings. The first kappa shape index (κ1) is 10.8. The standard InChI is InChI=1S/C14H17NO2/c16-14-13-10-15(9-12(13)6-7-17-14)8-11-4-2-1-3-5-11/h1-5,12-13H,6-10H2/t12-,13-/m1/s1. The molecule has 0 radical (unpaired) electrons. The van der Waals surface area contributed by atoms with E-state index < -0.39 is 0 Å². The van der Waals surface area contributed by atoms with Gasteiger partial charge in [0.15, 0.2) is 0 Å². The summed E-state index contributed by atoms with van der Waals surface area (Å²) in [7, 11) is 0. The van der Waals surface area contributed by atoms with E-state index in [2.05, 4.69) is 29.2 Å². The molecule has 0 unspecified atom stereocenters. The molecule has 2 aliphatic heterocycles. The number of esters is 1. The summed E-state index contributed by atoms with van der Waals surface area (Å²) in [6.45, 7) is 3.45. The Hall–Kier alpha value is -1.35. The van der Waals surface area contributed by atoms with Crippen LogP contribution in [0.4, 0.5) is 0 Å². The van der Waals surface area contributed by atoms with E-state index in [9.17, 15) is 4.79 Å². The quantitative estimate of drug-likeness (QED) is 0.725. The Morgan fingerprint density at radius 3 is 2.82 bits per heavy atom. The van der Waals surface area contributed by atoms with Crippen LogP contribution >= 0.6 is 0 Å². The molecule has 0 bridgehead atoms. The first-order valence-corrected chi connectivity index (χ1v) is 6.26. The number of rotatable bonds is 2. The van der Waals surface area contributed by atoms with Gasteiger partial charge < -0.3 is 4.74 Å². The van der Waals surface area contributed by atoms with Crippen LogP contribution < -0.4 is 0 Å². The molecule has 17 heavy (non-hydrogen) atoms. The minimum absolute atomic E-state index is 0.0109. The number of cyclic esters (lactones) is 1. The minimum Gasteiger partial charge on any atom is -0.465 e. The van der Waals surface area contributed by atoms with Gasteiger partial charge in [0, 0.05) is 19.6 Å². The Bertz CT molecular complexity index is 404. The lowest BCUT2D eigenvalue weighted by atomic mass is 9.91. The Labute approximate surface area is 101 Å². The van der Waals surface area contributed by atoms with E-state index >= 15 is 0 Å². The third-order valence-electron chi connectivity index (χ3n) is 3.80. The highest BCUT2D eigenvalue weighted by Gasteiger charge is 2.40. The SMILES string of the molecule is O=C1OCC[C@@H]2CN(Cc3ccccc3)C[C@@H]12. The summed E-state index contributed by atoms with van der Waals surface area (Å²) >= 11 is 0. The predicted molar refractivity (Wildman–Crippen MR) is 64.3 cm³/mol. The van der Waals surface area contributed by atoms with Crippen molar-refractivity contribution in [3.63, 3.8) is 0 Å². The molecule has 0 aliphatic carbocycles. The summed E-state index contributed by atoms with van der Waals surface area (Å²) in [5.41, 5.74) is 1.32. The fourth-order valence-corrected chi connectivity index (χ4v) is 2.91. The first-order valence-electron chi connectivity index (χ1n) is 6.26. The highest BCUT2D eigenvalue weighted by atomic mass is 16.5. The number of ether oxygens (including phenoxy) is 1. The van der Waals surface area contributed by atoms with Crippen molar-refractivity contribution in [3.8, 4) is 0 Å². The van der Waals surface area contributed by atoms with Crippen molar-refractivity contribution in [3.05, 3.63) is 35.9 Å². The number of likely N-dealkylation sites (tertiary alicyclic amines) is 1. The normalized spacial score (nSPS) is 28.8. The average molecular weight is 231 g/mol. The molecule has 3 rings (SSSR count). The van der Waals surface area contributed by atoms with Gasteiger partial charge in [0.25, 0.3) is 0 Å². The van der Waals surface area contributed by atoms with Crippen molar-refractivity contribution < 1.29 is 9.53 Å². The van der Waals surface area contributed by atoms with Crippen LogP contribution in [0.15, 0.2) is 30.3 Å². The van der Waals surface area contributed by atoms with Gasteiger partial charge in [-0.1, -0.05) is 30.3 Å². The second-order valence-electron chi connectivity index (χ2n) is 5.00. The molecule has 0 aromatic heterocycles. The van der Waals surface area contributed by atoms with Crippen LogP contribution in [0.1, 0.15) is 12.0 Å². The zero-order valence-corrected chi connectivity index (χ0v) is 9.84. The molecule has 0 saturated carbocycles. The van der Waals surface area contributed by atoms with Gasteiger partial charge in [0.05, 0.1) is 12.5 Å². The van der Waals surface area contributed by atoms with Gasteiger partial charge in [0.1, 0.15) is 0 Å². The predicted octanol–water partition coefficient (Wildman–Crippen LogP) is 1.68. The third kappa shape index (κ3) is 2.20. The van der Waals surface area contributed by atoms with E-state index in [-0.39, 0.29) is 11.9 Å². The molecule has 0 amide bonds. The van der Waals surface area contributed by atoms with Gasteiger partial charge in [-0.05, 0) is 17.9 Å². The van der Waals surface area contributed by atoms with Crippen molar-refractivity contribution >= 4 is 5.97 Å². The monoisotopic (exact) mass is 231 g/mol. The van der Waals surface area contributed by atoms with Crippen molar-refractivity contribution in [2.75, 3.05) is 19.7 Å². The summed E-state index contributed by atoms with van der Waals surface area (Å²) < 4.78 is 5.12. The lowest BCUT2D eigenvalue weighted by Gasteiger charge is -2.22. The van der Waals surface area contributed by atoms with Gasteiger partial charge in [-0.3, -0.25) is 9.69 Å². The highest BCUT2D eigenvalue weighted by molar-refractivity contribution is 5.74. The van der Waals surface area contributed by atoms with Crippen LogP contribution in [0.25, 0.3) is 0 Å². The molecule has 0 N–H and O–H groups in total. The van der Waals surface area contributed by atoms with E-state index in [0.717, 1.165) is 26.1 Å². The van der Waals surface area contributed by atoms with E-state index in [1.165, 1.54) is 5.56 Å². The molecule has 2 atom stereocenters. The van der Waals surface area contributed by atoms with E-state index in [0.29, 0.717) is 12.5 Å². The van der Waals surface area contributed by atoms with Crippen molar-refractivity contribution in [1.29, 1.82) is 0 Å². The lowest BCUT2D eigenvalue weighted by molar-refractivity contribution is -0.154. The summed E-state index contributed by atoms with van der Waals surface area (Å²) in [6, 6.07) is 10.4. The van der Waals surface area contributed by atoms with Gasteiger partial charge >= 0.3 is 5.97 Å². The number of hydrogen-bond donors (Lipinski definition) is 0. The van der Waals surface area contributed by atoms with Crippen LogP contribution in [0, 0.1) is 11.8 Å². The fourth-order valence-electron chi connectivity index (χ4n) is 2.91. The maximum atomic E-state index is 11.6. The molecule has 3 nitrogen and oxygen atoms in total. The topological polar surface area (TPSA) is 29.5 Å². The molecule has 1 aromatic carbocycles. The maximum Gasteiger partial charge on any atom is 0.310 e. The van der Waals surface area contributed by atoms with Crippen LogP contribution in [0.3, 0.4) is 0 Å². The summed E-state index contributed by atoms with van der Waals surface area (Å²) in [6.07, 6.45) is 1.03. The van der Waals surface area contributed by atoms with Gasteiger partial charge in [-0.2, -0.15) is 0 Å². The van der Waals surface area contributed by atoms with Crippen LogP contribution in [-0.2, 0) is 16.1 Å². The van der Waals surface area contributed by atoms with Gasteiger partial charge in [-0.15, -0.1) is 0 Å². The fraction of sp³-hybridized carbons (Fsp3) is 0.500. The zero-order chi connectivity index (χ0) is 11.7.